The molecule has 1 atom stereocenters. The van der Waals surface area contributed by atoms with Gasteiger partial charge in [0, 0.05) is 18.1 Å². The lowest BCUT2D eigenvalue weighted by Crippen LogP contribution is -2.36. The largest absolute Gasteiger partial charge is 0.329 e. The highest BCUT2D eigenvalue weighted by Crippen LogP contribution is 2.14. The van der Waals surface area contributed by atoms with Crippen LogP contribution in [0.3, 0.4) is 0 Å². The number of nitrogens with one attached hydrogen (secondary N) is 1. The first-order valence-corrected chi connectivity index (χ1v) is 6.81. The third kappa shape index (κ3) is 3.45. The zero-order chi connectivity index (χ0) is 12.2. The van der Waals surface area contributed by atoms with E-state index in [-0.39, 0.29) is 13.1 Å². The normalized spacial score (nSPS) is 13.7. The van der Waals surface area contributed by atoms with E-state index in [0.29, 0.717) is 5.02 Å². The maximum Gasteiger partial charge on any atom is 0.215 e. The average molecular weight is 263 g/mol. The summed E-state index contributed by atoms with van der Waals surface area (Å²) >= 11 is 5.91. The summed E-state index contributed by atoms with van der Waals surface area (Å²) in [7, 11) is -3.36. The summed E-state index contributed by atoms with van der Waals surface area (Å²) in [6.45, 7) is 1.85. The van der Waals surface area contributed by atoms with Crippen LogP contribution in [-0.4, -0.2) is 20.2 Å². The fourth-order valence-electron chi connectivity index (χ4n) is 1.09. The molecule has 0 aliphatic carbocycles. The van der Waals surface area contributed by atoms with Crippen molar-refractivity contribution in [1.29, 1.82) is 0 Å². The molecular weight excluding hydrogens is 248 g/mol. The van der Waals surface area contributed by atoms with Crippen molar-refractivity contribution in [2.24, 2.45) is 5.73 Å². The number of hydrogen-bond acceptors (Lipinski definition) is 3. The number of halogens is 1. The van der Waals surface area contributed by atoms with E-state index in [1.807, 2.05) is 6.07 Å². The third-order valence-corrected chi connectivity index (χ3v) is 4.45. The quantitative estimate of drug-likeness (QED) is 0.835. The van der Waals surface area contributed by atoms with Crippen molar-refractivity contribution in [1.82, 2.24) is 4.72 Å². The topological polar surface area (TPSA) is 72.2 Å². The number of nitrogens with two attached hydrogens (primary N) is 1. The Morgan fingerprint density at radius 1 is 1.44 bits per heavy atom. The van der Waals surface area contributed by atoms with Crippen molar-refractivity contribution in [3.05, 3.63) is 34.9 Å². The first-order chi connectivity index (χ1) is 7.47. The Bertz CT molecular complexity index is 448. The summed E-state index contributed by atoms with van der Waals surface area (Å²) in [5.41, 5.74) is 6.06. The minimum atomic E-state index is -3.36. The smallest absolute Gasteiger partial charge is 0.215 e. The second kappa shape index (κ2) is 5.63. The zero-order valence-corrected chi connectivity index (χ0v) is 10.6. The van der Waals surface area contributed by atoms with E-state index in [0.717, 1.165) is 5.56 Å². The SMILES string of the molecule is CC(CN)S(=O)(=O)NCc1ccccc1Cl. The van der Waals surface area contributed by atoms with Gasteiger partial charge in [-0.1, -0.05) is 29.8 Å². The molecular formula is C10H15ClN2O2S. The van der Waals surface area contributed by atoms with Crippen LogP contribution >= 0.6 is 11.6 Å². The summed E-state index contributed by atoms with van der Waals surface area (Å²) in [6, 6.07) is 7.10. The molecule has 16 heavy (non-hydrogen) atoms. The second-order valence-corrected chi connectivity index (χ2v) is 6.09. The Morgan fingerprint density at radius 3 is 2.62 bits per heavy atom. The van der Waals surface area contributed by atoms with Gasteiger partial charge in [0.1, 0.15) is 0 Å². The van der Waals surface area contributed by atoms with Gasteiger partial charge >= 0.3 is 0 Å². The van der Waals surface area contributed by atoms with Gasteiger partial charge in [0.05, 0.1) is 5.25 Å². The van der Waals surface area contributed by atoms with E-state index in [2.05, 4.69) is 4.72 Å². The van der Waals surface area contributed by atoms with Gasteiger partial charge in [-0.05, 0) is 18.6 Å². The van der Waals surface area contributed by atoms with Crippen LogP contribution < -0.4 is 10.5 Å². The van der Waals surface area contributed by atoms with Gasteiger partial charge in [0.25, 0.3) is 0 Å². The molecule has 3 N–H and O–H groups in total. The lowest BCUT2D eigenvalue weighted by Gasteiger charge is -2.12. The minimum Gasteiger partial charge on any atom is -0.329 e. The second-order valence-electron chi connectivity index (χ2n) is 3.50. The molecule has 0 saturated heterocycles. The fraction of sp³-hybridized carbons (Fsp3) is 0.400. The van der Waals surface area contributed by atoms with Gasteiger partial charge in [-0.2, -0.15) is 0 Å². The molecule has 1 aromatic carbocycles. The highest BCUT2D eigenvalue weighted by Gasteiger charge is 2.18. The van der Waals surface area contributed by atoms with Crippen molar-refractivity contribution in [3.8, 4) is 0 Å². The van der Waals surface area contributed by atoms with E-state index in [4.69, 9.17) is 17.3 Å². The van der Waals surface area contributed by atoms with Crippen molar-refractivity contribution in [2.75, 3.05) is 6.54 Å². The lowest BCUT2D eigenvalue weighted by molar-refractivity contribution is 0.569. The van der Waals surface area contributed by atoms with Gasteiger partial charge in [-0.3, -0.25) is 0 Å². The number of rotatable bonds is 5. The van der Waals surface area contributed by atoms with Crippen molar-refractivity contribution in [3.63, 3.8) is 0 Å². The van der Waals surface area contributed by atoms with Gasteiger partial charge in [-0.15, -0.1) is 0 Å². The fourth-order valence-corrected chi connectivity index (χ4v) is 2.19. The van der Waals surface area contributed by atoms with Crippen LogP contribution in [0.5, 0.6) is 0 Å². The molecule has 0 aliphatic heterocycles. The minimum absolute atomic E-state index is 0.0951. The summed E-state index contributed by atoms with van der Waals surface area (Å²) in [4.78, 5) is 0. The van der Waals surface area contributed by atoms with Crippen molar-refractivity contribution in [2.45, 2.75) is 18.7 Å². The van der Waals surface area contributed by atoms with E-state index < -0.39 is 15.3 Å². The Morgan fingerprint density at radius 2 is 2.06 bits per heavy atom. The van der Waals surface area contributed by atoms with E-state index in [1.165, 1.54) is 0 Å². The first kappa shape index (κ1) is 13.4. The average Bonchev–Trinajstić information content (AvgIpc) is 2.27. The van der Waals surface area contributed by atoms with E-state index in [1.54, 1.807) is 25.1 Å². The zero-order valence-electron chi connectivity index (χ0n) is 8.98. The molecule has 4 nitrogen and oxygen atoms in total. The number of benzene rings is 1. The van der Waals surface area contributed by atoms with Gasteiger partial charge in [0.15, 0.2) is 0 Å². The summed E-state index contributed by atoms with van der Waals surface area (Å²) in [5.74, 6) is 0. The molecule has 0 aromatic heterocycles. The van der Waals surface area contributed by atoms with Gasteiger partial charge in [0.2, 0.25) is 10.0 Å². The van der Waals surface area contributed by atoms with Crippen molar-refractivity contribution < 1.29 is 8.42 Å². The highest BCUT2D eigenvalue weighted by molar-refractivity contribution is 7.90. The molecule has 0 spiro atoms. The highest BCUT2D eigenvalue weighted by atomic mass is 35.5. The molecule has 0 amide bonds. The molecule has 0 aliphatic rings. The predicted octanol–water partition coefficient (Wildman–Crippen LogP) is 1.11. The molecule has 0 saturated carbocycles. The van der Waals surface area contributed by atoms with E-state index >= 15 is 0 Å². The van der Waals surface area contributed by atoms with Crippen LogP contribution in [-0.2, 0) is 16.6 Å². The molecule has 0 bridgehead atoms. The Hall–Kier alpha value is -0.620. The van der Waals surface area contributed by atoms with Crippen LogP contribution in [0.4, 0.5) is 0 Å². The molecule has 90 valence electrons. The van der Waals surface area contributed by atoms with E-state index in [9.17, 15) is 8.42 Å². The molecule has 0 radical (unpaired) electrons. The predicted molar refractivity (Wildman–Crippen MR) is 65.7 cm³/mol. The molecule has 0 fully saturated rings. The summed E-state index contributed by atoms with van der Waals surface area (Å²) in [5, 5.41) is -0.0550. The summed E-state index contributed by atoms with van der Waals surface area (Å²) < 4.78 is 25.7. The van der Waals surface area contributed by atoms with Crippen LogP contribution in [0.2, 0.25) is 5.02 Å². The third-order valence-electron chi connectivity index (χ3n) is 2.28. The van der Waals surface area contributed by atoms with Gasteiger partial charge in [-0.25, -0.2) is 13.1 Å². The monoisotopic (exact) mass is 262 g/mol. The van der Waals surface area contributed by atoms with Crippen LogP contribution in [0.25, 0.3) is 0 Å². The Kier molecular flexibility index (Phi) is 4.73. The maximum atomic E-state index is 11.6. The molecule has 0 heterocycles. The Labute approximate surface area is 101 Å². The van der Waals surface area contributed by atoms with Crippen LogP contribution in [0.15, 0.2) is 24.3 Å². The Balaban J connectivity index is 2.69. The lowest BCUT2D eigenvalue weighted by atomic mass is 10.2. The maximum absolute atomic E-state index is 11.6. The molecule has 1 aromatic rings. The van der Waals surface area contributed by atoms with Crippen LogP contribution in [0, 0.1) is 0 Å². The molecule has 1 rings (SSSR count). The summed E-state index contributed by atoms with van der Waals surface area (Å²) in [6.07, 6.45) is 0. The molecule has 6 heteroatoms. The standard InChI is InChI=1S/C10H15ClN2O2S/c1-8(6-12)16(14,15)13-7-9-4-2-3-5-10(9)11/h2-5,8,13H,6-7,12H2,1H3. The number of hydrogen-bond donors (Lipinski definition) is 2. The van der Waals surface area contributed by atoms with Gasteiger partial charge < -0.3 is 5.73 Å². The first-order valence-electron chi connectivity index (χ1n) is 4.89. The van der Waals surface area contributed by atoms with Crippen LogP contribution in [0.1, 0.15) is 12.5 Å². The number of sulfonamides is 1. The molecule has 1 unspecified atom stereocenters. The van der Waals surface area contributed by atoms with Crippen molar-refractivity contribution >= 4 is 21.6 Å².